The Bertz CT molecular complexity index is 1050. The van der Waals surface area contributed by atoms with Crippen LogP contribution in [0.15, 0.2) is 48.1 Å². The van der Waals surface area contributed by atoms with Gasteiger partial charge in [-0.2, -0.15) is 0 Å². The van der Waals surface area contributed by atoms with Crippen LogP contribution in [0.5, 0.6) is 0 Å². The minimum Gasteiger partial charge on any atom is -0.417 e. The molecule has 28 heavy (non-hydrogen) atoms. The molecule has 0 unspecified atom stereocenters. The first-order chi connectivity index (χ1) is 13.3. The lowest BCUT2D eigenvalue weighted by Crippen LogP contribution is -2.25. The maximum absolute atomic E-state index is 6.16. The van der Waals surface area contributed by atoms with Gasteiger partial charge in [-0.1, -0.05) is 54.7 Å². The Balaban J connectivity index is 1.56. The highest BCUT2D eigenvalue weighted by Gasteiger charge is 2.50. The molecule has 144 valence electrons. The lowest BCUT2D eigenvalue weighted by molar-refractivity contribution is 0.317. The van der Waals surface area contributed by atoms with Crippen molar-refractivity contribution in [3.8, 4) is 11.1 Å². The first kappa shape index (κ1) is 18.3. The van der Waals surface area contributed by atoms with Gasteiger partial charge in [0, 0.05) is 6.61 Å². The second-order valence-electron chi connectivity index (χ2n) is 9.98. The molecule has 0 atom stereocenters. The molecule has 3 aliphatic rings. The minimum absolute atomic E-state index is 0.857. The van der Waals surface area contributed by atoms with E-state index in [0.29, 0.717) is 0 Å². The summed E-state index contributed by atoms with van der Waals surface area (Å²) in [7, 11) is -2.83. The predicted octanol–water partition coefficient (Wildman–Crippen LogP) is 5.35. The fraction of sp³-hybridized carbons (Fsp3) is 0.360. The molecule has 5 rings (SSSR count). The van der Waals surface area contributed by atoms with Gasteiger partial charge >= 0.3 is 0 Å². The molecule has 2 aliphatic carbocycles. The van der Waals surface area contributed by atoms with Crippen molar-refractivity contribution in [2.24, 2.45) is 0 Å². The zero-order valence-electron chi connectivity index (χ0n) is 17.8. The second kappa shape index (κ2) is 6.15. The number of benzene rings is 2. The fourth-order valence-electron chi connectivity index (χ4n) is 5.23. The third kappa shape index (κ3) is 2.83. The molecule has 2 aromatic rings. The molecule has 0 saturated heterocycles. The molecule has 0 amide bonds. The summed E-state index contributed by atoms with van der Waals surface area (Å²) in [6.45, 7) is 12.8. The van der Waals surface area contributed by atoms with Crippen LogP contribution in [-0.2, 0) is 10.8 Å². The van der Waals surface area contributed by atoms with Crippen molar-refractivity contribution in [3.63, 3.8) is 0 Å². The van der Waals surface area contributed by atoms with Gasteiger partial charge in [-0.05, 0) is 89.1 Å². The molecule has 1 heterocycles. The molecule has 1 aliphatic heterocycles. The van der Waals surface area contributed by atoms with Crippen LogP contribution in [0, 0.1) is 0 Å². The summed E-state index contributed by atoms with van der Waals surface area (Å²) < 4.78 is 6.16. The number of hydrogen-bond acceptors (Lipinski definition) is 1. The van der Waals surface area contributed by atoms with E-state index in [0.717, 1.165) is 25.9 Å². The lowest BCUT2D eigenvalue weighted by atomic mass is 9.95. The van der Waals surface area contributed by atoms with Gasteiger partial charge in [0.25, 0.3) is 0 Å². The van der Waals surface area contributed by atoms with Crippen LogP contribution in [0.1, 0.15) is 29.5 Å². The fourth-order valence-corrected chi connectivity index (χ4v) is 9.79. The summed E-state index contributed by atoms with van der Waals surface area (Å²) in [5.74, 6) is 0. The SMILES string of the molecule is C[Si](C)(C)OCCC1=C(c2cc3c(c4c2[Si]4(C)C)Cc2ccccc2-3)CC=C1. The highest BCUT2D eigenvalue weighted by atomic mass is 28.4. The molecule has 0 spiro atoms. The van der Waals surface area contributed by atoms with Gasteiger partial charge in [0.05, 0.1) is 0 Å². The zero-order chi connectivity index (χ0) is 19.7. The molecule has 0 saturated carbocycles. The van der Waals surface area contributed by atoms with E-state index in [4.69, 9.17) is 4.43 Å². The molecule has 0 fully saturated rings. The minimum atomic E-state index is -1.45. The van der Waals surface area contributed by atoms with E-state index >= 15 is 0 Å². The molecule has 3 heteroatoms. The van der Waals surface area contributed by atoms with E-state index in [1.165, 1.54) is 22.3 Å². The van der Waals surface area contributed by atoms with Gasteiger partial charge in [0.1, 0.15) is 8.07 Å². The molecule has 0 bridgehead atoms. The van der Waals surface area contributed by atoms with Crippen molar-refractivity contribution in [3.05, 3.63) is 64.7 Å². The van der Waals surface area contributed by atoms with Crippen molar-refractivity contribution in [1.82, 2.24) is 0 Å². The number of allylic oxidation sites excluding steroid dienone is 3. The van der Waals surface area contributed by atoms with Crippen molar-refractivity contribution in [1.29, 1.82) is 0 Å². The summed E-state index contributed by atoms with van der Waals surface area (Å²) in [6.07, 6.45) is 7.97. The third-order valence-electron chi connectivity index (χ3n) is 6.56. The lowest BCUT2D eigenvalue weighted by Gasteiger charge is -2.18. The molecule has 2 aromatic carbocycles. The maximum atomic E-state index is 6.16. The van der Waals surface area contributed by atoms with Gasteiger partial charge in [-0.15, -0.1) is 0 Å². The van der Waals surface area contributed by atoms with E-state index in [1.807, 2.05) is 0 Å². The summed E-state index contributed by atoms with van der Waals surface area (Å²) >= 11 is 0. The average molecular weight is 403 g/mol. The highest BCUT2D eigenvalue weighted by Crippen LogP contribution is 2.43. The van der Waals surface area contributed by atoms with Crippen molar-refractivity contribution >= 4 is 32.3 Å². The smallest absolute Gasteiger partial charge is 0.183 e. The summed E-state index contributed by atoms with van der Waals surface area (Å²) in [4.78, 5) is 0. The van der Waals surface area contributed by atoms with Crippen LogP contribution in [-0.4, -0.2) is 23.0 Å². The average Bonchev–Trinajstić information content (AvgIpc) is 2.98. The van der Waals surface area contributed by atoms with E-state index < -0.39 is 16.4 Å². The van der Waals surface area contributed by atoms with E-state index in [2.05, 4.69) is 75.2 Å². The maximum Gasteiger partial charge on any atom is 0.183 e. The number of hydrogen-bond donors (Lipinski definition) is 0. The van der Waals surface area contributed by atoms with Crippen LogP contribution < -0.4 is 10.4 Å². The first-order valence-electron chi connectivity index (χ1n) is 10.6. The Kier molecular flexibility index (Phi) is 4.03. The Morgan fingerprint density at radius 2 is 1.79 bits per heavy atom. The molecular formula is C25H30OSi2. The monoisotopic (exact) mass is 402 g/mol. The van der Waals surface area contributed by atoms with Crippen LogP contribution in [0.4, 0.5) is 0 Å². The molecule has 1 nitrogen and oxygen atoms in total. The highest BCUT2D eigenvalue weighted by molar-refractivity contribution is 7.16. The molecular weight excluding hydrogens is 372 g/mol. The van der Waals surface area contributed by atoms with Crippen LogP contribution >= 0.6 is 0 Å². The molecule has 0 N–H and O–H groups in total. The Hall–Kier alpha value is -1.69. The topological polar surface area (TPSA) is 9.23 Å². The van der Waals surface area contributed by atoms with E-state index in [1.54, 1.807) is 27.1 Å². The summed E-state index contributed by atoms with van der Waals surface area (Å²) in [5, 5.41) is 3.50. The third-order valence-corrected chi connectivity index (χ3v) is 10.9. The normalized spacial score (nSPS) is 18.3. The Morgan fingerprint density at radius 1 is 1.00 bits per heavy atom. The van der Waals surface area contributed by atoms with Gasteiger partial charge in [0.15, 0.2) is 8.32 Å². The number of fused-ring (bicyclic) bond motifs is 5. The van der Waals surface area contributed by atoms with Crippen molar-refractivity contribution < 1.29 is 4.43 Å². The number of rotatable bonds is 5. The van der Waals surface area contributed by atoms with Crippen molar-refractivity contribution in [2.45, 2.75) is 52.0 Å². The predicted molar refractivity (Wildman–Crippen MR) is 126 cm³/mol. The zero-order valence-corrected chi connectivity index (χ0v) is 19.8. The van der Waals surface area contributed by atoms with E-state index in [-0.39, 0.29) is 0 Å². The van der Waals surface area contributed by atoms with Crippen LogP contribution in [0.2, 0.25) is 32.7 Å². The largest absolute Gasteiger partial charge is 0.417 e. The quantitative estimate of drug-likeness (QED) is 0.523. The van der Waals surface area contributed by atoms with Gasteiger partial charge in [-0.3, -0.25) is 0 Å². The summed E-state index contributed by atoms with van der Waals surface area (Å²) in [5.41, 5.74) is 10.8. The second-order valence-corrected chi connectivity index (χ2v) is 18.7. The molecule has 0 radical (unpaired) electrons. The van der Waals surface area contributed by atoms with Gasteiger partial charge in [-0.25, -0.2) is 0 Å². The van der Waals surface area contributed by atoms with Crippen LogP contribution in [0.3, 0.4) is 0 Å². The Labute approximate surface area is 171 Å². The standard InChI is InChI=1S/C25H30OSi2/c1-27(2,3)26-14-13-17-10-8-12-19(17)23-16-21-20-11-7-6-9-18(20)15-22(21)24-25(23)28(24,4)5/h6-11,16H,12-15H2,1-5H3. The van der Waals surface area contributed by atoms with Gasteiger partial charge in [0.2, 0.25) is 0 Å². The first-order valence-corrected chi connectivity index (χ1v) is 17.0. The molecule has 0 aromatic heterocycles. The Morgan fingerprint density at radius 3 is 2.57 bits per heavy atom. The van der Waals surface area contributed by atoms with Crippen LogP contribution in [0.25, 0.3) is 16.7 Å². The summed E-state index contributed by atoms with van der Waals surface area (Å²) in [6, 6.07) is 11.6. The van der Waals surface area contributed by atoms with E-state index in [9.17, 15) is 0 Å². The van der Waals surface area contributed by atoms with Gasteiger partial charge < -0.3 is 4.43 Å². The van der Waals surface area contributed by atoms with Crippen molar-refractivity contribution in [2.75, 3.05) is 6.61 Å².